The molecule has 0 atom stereocenters. The Morgan fingerprint density at radius 3 is 2.33 bits per heavy atom. The van der Waals surface area contributed by atoms with Gasteiger partial charge in [-0.2, -0.15) is 13.2 Å². The predicted octanol–water partition coefficient (Wildman–Crippen LogP) is 5.92. The summed E-state index contributed by atoms with van der Waals surface area (Å²) in [6.07, 6.45) is -4.46. The molecular formula is C33H31F3N2O8. The van der Waals surface area contributed by atoms with E-state index in [0.29, 0.717) is 50.6 Å². The first-order chi connectivity index (χ1) is 22.1. The van der Waals surface area contributed by atoms with Gasteiger partial charge in [0.05, 0.1) is 23.1 Å². The van der Waals surface area contributed by atoms with Gasteiger partial charge in [0.2, 0.25) is 18.0 Å². The fraction of sp³-hybridized carbons (Fsp3) is 0.333. The Balaban J connectivity index is 1.21. The zero-order valence-electron chi connectivity index (χ0n) is 24.9. The molecule has 0 radical (unpaired) electrons. The van der Waals surface area contributed by atoms with Crippen molar-refractivity contribution in [1.29, 1.82) is 0 Å². The van der Waals surface area contributed by atoms with E-state index in [1.54, 1.807) is 0 Å². The zero-order valence-corrected chi connectivity index (χ0v) is 24.9. The highest BCUT2D eigenvalue weighted by Crippen LogP contribution is 2.40. The molecule has 1 N–H and O–H groups in total. The number of halogens is 3. The minimum Gasteiger partial charge on any atom is -0.507 e. The van der Waals surface area contributed by atoms with E-state index in [2.05, 4.69) is 4.90 Å². The number of aromatic hydroxyl groups is 1. The lowest BCUT2D eigenvalue weighted by Gasteiger charge is -2.35. The van der Waals surface area contributed by atoms with Gasteiger partial charge in [-0.25, -0.2) is 4.79 Å². The van der Waals surface area contributed by atoms with Gasteiger partial charge < -0.3 is 28.5 Å². The maximum absolute atomic E-state index is 14.3. The first-order valence-electron chi connectivity index (χ1n) is 14.8. The molecule has 3 heterocycles. The first kappa shape index (κ1) is 31.2. The molecular weight excluding hydrogens is 609 g/mol. The highest BCUT2D eigenvalue weighted by atomic mass is 19.4. The molecule has 242 valence electrons. The van der Waals surface area contributed by atoms with Crippen molar-refractivity contribution in [2.24, 2.45) is 0 Å². The summed E-state index contributed by atoms with van der Waals surface area (Å²) in [5, 5.41) is 10.5. The van der Waals surface area contributed by atoms with Crippen LogP contribution >= 0.6 is 0 Å². The average Bonchev–Trinajstić information content (AvgIpc) is 3.51. The summed E-state index contributed by atoms with van der Waals surface area (Å²) >= 11 is 0. The van der Waals surface area contributed by atoms with Gasteiger partial charge in [0.1, 0.15) is 17.1 Å². The maximum Gasteiger partial charge on any atom is 0.453 e. The van der Waals surface area contributed by atoms with Crippen LogP contribution in [0.5, 0.6) is 28.7 Å². The van der Waals surface area contributed by atoms with Crippen molar-refractivity contribution < 1.29 is 46.4 Å². The summed E-state index contributed by atoms with van der Waals surface area (Å²) in [7, 11) is 0. The Hall–Kier alpha value is -4.75. The molecule has 2 aliphatic heterocycles. The quantitative estimate of drug-likeness (QED) is 0.221. The number of rotatable bonds is 9. The number of carbonyl (C=O) groups excluding carboxylic acids is 1. The minimum atomic E-state index is -5.09. The van der Waals surface area contributed by atoms with E-state index in [4.69, 9.17) is 23.4 Å². The second kappa shape index (κ2) is 12.9. The first-order valence-corrected chi connectivity index (χ1v) is 14.8. The van der Waals surface area contributed by atoms with E-state index in [0.717, 1.165) is 5.56 Å². The normalized spacial score (nSPS) is 15.3. The van der Waals surface area contributed by atoms with Crippen molar-refractivity contribution in [3.05, 3.63) is 87.3 Å². The van der Waals surface area contributed by atoms with Gasteiger partial charge in [-0.05, 0) is 60.5 Å². The molecule has 0 saturated carbocycles. The van der Waals surface area contributed by atoms with Crippen LogP contribution in [0.3, 0.4) is 0 Å². The summed E-state index contributed by atoms with van der Waals surface area (Å²) < 4.78 is 69.5. The van der Waals surface area contributed by atoms with Crippen LogP contribution < -0.4 is 19.6 Å². The van der Waals surface area contributed by atoms with Crippen molar-refractivity contribution in [1.82, 2.24) is 9.80 Å². The third-order valence-corrected chi connectivity index (χ3v) is 7.79. The number of alkyl halides is 3. The number of hydrogen-bond acceptors (Lipinski definition) is 10. The molecule has 0 amide bonds. The molecule has 1 aromatic heterocycles. The highest BCUT2D eigenvalue weighted by molar-refractivity contribution is 5.89. The number of esters is 1. The highest BCUT2D eigenvalue weighted by Gasteiger charge is 2.41. The fourth-order valence-electron chi connectivity index (χ4n) is 5.40. The van der Waals surface area contributed by atoms with E-state index in [9.17, 15) is 27.9 Å². The molecule has 13 heteroatoms. The van der Waals surface area contributed by atoms with Gasteiger partial charge in [0, 0.05) is 39.3 Å². The van der Waals surface area contributed by atoms with Crippen LogP contribution in [0.2, 0.25) is 0 Å². The topological polar surface area (TPSA) is 111 Å². The number of phenolic OH excluding ortho intramolecular Hbond substituents is 1. The van der Waals surface area contributed by atoms with Gasteiger partial charge in [-0.3, -0.25) is 14.6 Å². The molecule has 10 nitrogen and oxygen atoms in total. The second-order valence-electron chi connectivity index (χ2n) is 11.0. The number of carbonyl (C=O) groups is 1. The lowest BCUT2D eigenvalue weighted by molar-refractivity contribution is -0.154. The molecule has 46 heavy (non-hydrogen) atoms. The summed E-state index contributed by atoms with van der Waals surface area (Å²) in [4.78, 5) is 29.8. The van der Waals surface area contributed by atoms with Crippen LogP contribution in [-0.4, -0.2) is 60.5 Å². The maximum atomic E-state index is 14.3. The summed E-state index contributed by atoms with van der Waals surface area (Å²) in [5.41, 5.74) is -0.0901. The van der Waals surface area contributed by atoms with Crippen molar-refractivity contribution in [3.8, 4) is 28.7 Å². The van der Waals surface area contributed by atoms with Crippen LogP contribution in [0.15, 0.2) is 63.8 Å². The van der Waals surface area contributed by atoms with Crippen molar-refractivity contribution in [2.75, 3.05) is 39.6 Å². The summed E-state index contributed by atoms with van der Waals surface area (Å²) in [6.45, 7) is 5.49. The number of fused-ring (bicyclic) bond motifs is 2. The van der Waals surface area contributed by atoms with Gasteiger partial charge in [0.25, 0.3) is 5.76 Å². The monoisotopic (exact) mass is 640 g/mol. The van der Waals surface area contributed by atoms with E-state index in [1.165, 1.54) is 36.4 Å². The molecule has 0 spiro atoms. The molecule has 2 aliphatic rings. The zero-order chi connectivity index (χ0) is 32.4. The van der Waals surface area contributed by atoms with E-state index < -0.39 is 29.1 Å². The molecule has 4 aromatic rings. The van der Waals surface area contributed by atoms with Crippen molar-refractivity contribution in [2.45, 2.75) is 32.6 Å². The number of nitrogens with zero attached hydrogens (tertiary/aromatic N) is 2. The van der Waals surface area contributed by atoms with Crippen LogP contribution in [-0.2, 0) is 24.0 Å². The van der Waals surface area contributed by atoms with Crippen LogP contribution in [0.25, 0.3) is 11.0 Å². The van der Waals surface area contributed by atoms with Crippen LogP contribution in [0.1, 0.15) is 40.6 Å². The van der Waals surface area contributed by atoms with Crippen molar-refractivity contribution >= 4 is 16.9 Å². The van der Waals surface area contributed by atoms with Crippen LogP contribution in [0.4, 0.5) is 13.2 Å². The molecule has 0 unspecified atom stereocenters. The largest absolute Gasteiger partial charge is 0.507 e. The fourth-order valence-corrected chi connectivity index (χ4v) is 5.40. The third-order valence-electron chi connectivity index (χ3n) is 7.79. The Morgan fingerprint density at radius 1 is 0.935 bits per heavy atom. The number of hydrogen-bond donors (Lipinski definition) is 1. The Bertz CT molecular complexity index is 1800. The molecule has 0 aliphatic carbocycles. The van der Waals surface area contributed by atoms with E-state index >= 15 is 0 Å². The Kier molecular flexibility index (Phi) is 8.78. The number of piperazine rings is 1. The smallest absolute Gasteiger partial charge is 0.453 e. The van der Waals surface area contributed by atoms with Crippen LogP contribution in [0, 0.1) is 0 Å². The van der Waals surface area contributed by atoms with Gasteiger partial charge in [-0.1, -0.05) is 13.0 Å². The van der Waals surface area contributed by atoms with Crippen molar-refractivity contribution in [3.63, 3.8) is 0 Å². The summed E-state index contributed by atoms with van der Waals surface area (Å²) in [5.74, 6) is -2.24. The lowest BCUT2D eigenvalue weighted by Crippen LogP contribution is -2.45. The molecule has 6 rings (SSSR count). The number of ether oxygens (including phenoxy) is 4. The van der Waals surface area contributed by atoms with Gasteiger partial charge in [-0.15, -0.1) is 0 Å². The Labute approximate surface area is 261 Å². The molecule has 3 aromatic carbocycles. The number of phenols is 1. The third kappa shape index (κ3) is 6.60. The SMILES string of the molecule is CCCOC(=O)c1ccc(Oc2c(C(F)(F)F)oc3c(CN4CCN(Cc5ccc6c(c5)OCO6)CC4)c(O)ccc3c2=O)cc1. The minimum absolute atomic E-state index is 0.0665. The molecule has 1 saturated heterocycles. The van der Waals surface area contributed by atoms with Gasteiger partial charge >= 0.3 is 12.1 Å². The predicted molar refractivity (Wildman–Crippen MR) is 159 cm³/mol. The standard InChI is InChI=1S/C33H31F3N2O8/c1-2-15-42-32(41)21-4-6-22(7-5-21)45-30-28(40)23-8-9-25(39)24(29(23)46-31(30)33(34,35)36)18-38-13-11-37(12-14-38)17-20-3-10-26-27(16-20)44-19-43-26/h3-10,16,39H,2,11-15,17-19H2,1H3. The summed E-state index contributed by atoms with van der Waals surface area (Å²) in [6, 6.07) is 13.5. The molecule has 0 bridgehead atoms. The number of benzene rings is 3. The average molecular weight is 641 g/mol. The van der Waals surface area contributed by atoms with E-state index in [-0.39, 0.29) is 53.5 Å². The lowest BCUT2D eigenvalue weighted by atomic mass is 10.1. The second-order valence-corrected chi connectivity index (χ2v) is 11.0. The van der Waals surface area contributed by atoms with Gasteiger partial charge in [0.15, 0.2) is 11.5 Å². The van der Waals surface area contributed by atoms with E-state index in [1.807, 2.05) is 30.0 Å². The Morgan fingerprint density at radius 2 is 1.63 bits per heavy atom. The molecule has 1 fully saturated rings.